The van der Waals surface area contributed by atoms with Gasteiger partial charge in [0.25, 0.3) is 0 Å². The number of methoxy groups -OCH3 is 1. The van der Waals surface area contributed by atoms with Gasteiger partial charge in [-0.25, -0.2) is 4.79 Å². The Morgan fingerprint density at radius 1 is 1.30 bits per heavy atom. The Kier molecular flexibility index (Phi) is 4.50. The van der Waals surface area contributed by atoms with Crippen molar-refractivity contribution < 1.29 is 23.9 Å². The summed E-state index contributed by atoms with van der Waals surface area (Å²) in [5.74, 6) is -0.357. The topological polar surface area (TPSA) is 83.8 Å². The number of ether oxygens (including phenoxy) is 1. The van der Waals surface area contributed by atoms with Crippen LogP contribution in [-0.4, -0.2) is 22.9 Å². The Morgan fingerprint density at radius 2 is 1.95 bits per heavy atom. The zero-order valence-electron chi connectivity index (χ0n) is 10.8. The first-order valence-corrected chi connectivity index (χ1v) is 9.07. The van der Waals surface area contributed by atoms with Gasteiger partial charge in [-0.05, 0) is 39.5 Å². The van der Waals surface area contributed by atoms with Crippen LogP contribution >= 0.6 is 18.5 Å². The van der Waals surface area contributed by atoms with Crippen LogP contribution in [0.1, 0.15) is 5.56 Å². The lowest BCUT2D eigenvalue weighted by molar-refractivity contribution is -0.135. The molecule has 0 aliphatic carbocycles. The maximum Gasteiger partial charge on any atom is 0.338 e. The summed E-state index contributed by atoms with van der Waals surface area (Å²) in [6, 6.07) is 7.07. The summed E-state index contributed by atoms with van der Waals surface area (Å²) in [7, 11) is -3.40. The molecule has 20 heavy (non-hydrogen) atoms. The normalized spacial score (nSPS) is 19.8. The zero-order valence-corrected chi connectivity index (χ0v) is 12.6. The minimum atomic E-state index is -4.04. The van der Waals surface area contributed by atoms with Crippen LogP contribution in [0.3, 0.4) is 0 Å². The lowest BCUT2D eigenvalue weighted by Gasteiger charge is -2.11. The molecule has 0 aromatic heterocycles. The van der Waals surface area contributed by atoms with Crippen molar-refractivity contribution in [3.8, 4) is 0 Å². The minimum absolute atomic E-state index is 0.260. The fourth-order valence-corrected chi connectivity index (χ4v) is 4.21. The first-order chi connectivity index (χ1) is 9.39. The predicted molar refractivity (Wildman–Crippen MR) is 78.7 cm³/mol. The molecule has 1 unspecified atom stereocenters. The van der Waals surface area contributed by atoms with E-state index >= 15 is 0 Å². The number of hydrogen-bond acceptors (Lipinski definition) is 3. The van der Waals surface area contributed by atoms with Gasteiger partial charge in [-0.2, -0.15) is 10.9 Å². The van der Waals surface area contributed by atoms with Crippen LogP contribution in [0.2, 0.25) is 0 Å². The Labute approximate surface area is 119 Å². The number of benzene rings is 1. The molecule has 0 bridgehead atoms. The third kappa shape index (κ3) is 3.84. The fraction of sp³-hybridized carbons (Fsp3) is 0.154. The lowest BCUT2D eigenvalue weighted by atomic mass is 10.2. The van der Waals surface area contributed by atoms with Crippen LogP contribution in [0.15, 0.2) is 51.6 Å². The molecule has 1 heterocycles. The second-order valence-electron chi connectivity index (χ2n) is 4.29. The van der Waals surface area contributed by atoms with Crippen molar-refractivity contribution in [1.82, 2.24) is 0 Å². The third-order valence-electron chi connectivity index (χ3n) is 2.74. The molecular formula is C13H15O5PS. The number of thiol groups is 1. The van der Waals surface area contributed by atoms with E-state index in [0.29, 0.717) is 11.1 Å². The maximum absolute atomic E-state index is 11.4. The molecule has 2 rings (SSSR count). The van der Waals surface area contributed by atoms with Crippen molar-refractivity contribution in [2.75, 3.05) is 7.11 Å². The van der Waals surface area contributed by atoms with E-state index in [1.807, 2.05) is 22.9 Å². The van der Waals surface area contributed by atoms with Crippen molar-refractivity contribution >= 4 is 24.5 Å². The summed E-state index contributed by atoms with van der Waals surface area (Å²) >= 11 is 0. The summed E-state index contributed by atoms with van der Waals surface area (Å²) < 4.78 is 15.6. The van der Waals surface area contributed by atoms with Crippen LogP contribution in [0.4, 0.5) is 0 Å². The van der Waals surface area contributed by atoms with Crippen molar-refractivity contribution in [2.45, 2.75) is 11.1 Å². The summed E-state index contributed by atoms with van der Waals surface area (Å²) in [5.41, 5.74) is 1.13. The molecule has 5 nitrogen and oxygen atoms in total. The summed E-state index contributed by atoms with van der Waals surface area (Å²) in [4.78, 5) is 30.2. The van der Waals surface area contributed by atoms with Crippen molar-refractivity contribution in [3.63, 3.8) is 0 Å². The average molecular weight is 314 g/mol. The Morgan fingerprint density at radius 3 is 2.50 bits per heavy atom. The number of esters is 1. The highest BCUT2D eigenvalue weighted by atomic mass is 32.2. The average Bonchev–Trinajstić information content (AvgIpc) is 2.86. The molecule has 0 saturated heterocycles. The molecule has 1 atom stereocenters. The molecule has 2 N–H and O–H groups in total. The molecule has 7 heteroatoms. The predicted octanol–water partition coefficient (Wildman–Crippen LogP) is 2.31. The van der Waals surface area contributed by atoms with Gasteiger partial charge < -0.3 is 14.5 Å². The Bertz CT molecular complexity index is 614. The molecule has 1 aromatic rings. The minimum Gasteiger partial charge on any atom is -0.465 e. The van der Waals surface area contributed by atoms with Gasteiger partial charge in [0.15, 0.2) is 0 Å². The van der Waals surface area contributed by atoms with Crippen molar-refractivity contribution in [3.05, 3.63) is 52.3 Å². The van der Waals surface area contributed by atoms with Crippen molar-refractivity contribution in [2.24, 2.45) is 0 Å². The van der Waals surface area contributed by atoms with E-state index in [9.17, 15) is 9.36 Å². The van der Waals surface area contributed by atoms with Gasteiger partial charge in [-0.15, -0.1) is 0 Å². The standard InChI is InChI=1S/C13H15O5PS/c1-18-13(14)11-6-7-20(9-11)12-4-2-10(3-5-12)8-19(15,16)17/h2-7,9,20H,8H2,1H3,(H2,15,16,17). The first kappa shape index (κ1) is 15.1. The monoisotopic (exact) mass is 314 g/mol. The van der Waals surface area contributed by atoms with E-state index in [-0.39, 0.29) is 12.1 Å². The van der Waals surface area contributed by atoms with E-state index in [1.165, 1.54) is 7.11 Å². The van der Waals surface area contributed by atoms with E-state index < -0.39 is 18.5 Å². The van der Waals surface area contributed by atoms with Gasteiger partial charge >= 0.3 is 13.6 Å². The second-order valence-corrected chi connectivity index (χ2v) is 7.82. The van der Waals surface area contributed by atoms with Gasteiger partial charge in [0.2, 0.25) is 0 Å². The first-order valence-electron chi connectivity index (χ1n) is 5.79. The second kappa shape index (κ2) is 5.97. The Hall–Kier alpha value is -1.33. The van der Waals surface area contributed by atoms with Crippen molar-refractivity contribution in [1.29, 1.82) is 0 Å². The van der Waals surface area contributed by atoms with E-state index in [1.54, 1.807) is 18.2 Å². The van der Waals surface area contributed by atoms with Crippen LogP contribution in [-0.2, 0) is 20.3 Å². The lowest BCUT2D eigenvalue weighted by Crippen LogP contribution is -2.00. The summed E-state index contributed by atoms with van der Waals surface area (Å²) in [5, 5.41) is 3.80. The molecule has 0 amide bonds. The van der Waals surface area contributed by atoms with Crippen LogP contribution < -0.4 is 0 Å². The molecular weight excluding hydrogens is 299 g/mol. The van der Waals surface area contributed by atoms with E-state index in [4.69, 9.17) is 9.79 Å². The molecule has 1 aromatic carbocycles. The number of carbonyl (C=O) groups excluding carboxylic acids is 1. The highest BCUT2D eigenvalue weighted by Crippen LogP contribution is 2.45. The summed E-state index contributed by atoms with van der Waals surface area (Å²) in [6.45, 7) is 0. The van der Waals surface area contributed by atoms with E-state index in [2.05, 4.69) is 4.74 Å². The molecule has 0 fully saturated rings. The highest BCUT2D eigenvalue weighted by Gasteiger charge is 2.16. The van der Waals surface area contributed by atoms with Gasteiger partial charge in [0.05, 0.1) is 18.8 Å². The third-order valence-corrected chi connectivity index (χ3v) is 5.44. The van der Waals surface area contributed by atoms with Crippen LogP contribution in [0, 0.1) is 0 Å². The smallest absolute Gasteiger partial charge is 0.338 e. The van der Waals surface area contributed by atoms with E-state index in [0.717, 1.165) is 4.90 Å². The van der Waals surface area contributed by atoms with Gasteiger partial charge in [0, 0.05) is 0 Å². The largest absolute Gasteiger partial charge is 0.465 e. The molecule has 1 aliphatic heterocycles. The zero-order chi connectivity index (χ0) is 14.8. The summed E-state index contributed by atoms with van der Waals surface area (Å²) in [6.07, 6.45) is 1.48. The van der Waals surface area contributed by atoms with Gasteiger partial charge in [-0.1, -0.05) is 12.1 Å². The highest BCUT2D eigenvalue weighted by molar-refractivity contribution is 8.22. The van der Waals surface area contributed by atoms with Crippen LogP contribution in [0.5, 0.6) is 0 Å². The maximum atomic E-state index is 11.4. The molecule has 1 aliphatic rings. The SMILES string of the molecule is COC(=O)C1=C[SH](c2ccc(CP(=O)(O)O)cc2)C=C1. The number of carbonyl (C=O) groups is 1. The fourth-order valence-electron chi connectivity index (χ4n) is 1.81. The number of rotatable bonds is 4. The molecule has 0 radical (unpaired) electrons. The molecule has 0 spiro atoms. The quantitative estimate of drug-likeness (QED) is 0.451. The van der Waals surface area contributed by atoms with Gasteiger partial charge in [0.1, 0.15) is 0 Å². The Balaban J connectivity index is 2.12. The molecule has 0 saturated carbocycles. The number of hydrogen-bond donors (Lipinski definition) is 3. The molecule has 108 valence electrons. The van der Waals surface area contributed by atoms with Crippen LogP contribution in [0.25, 0.3) is 0 Å². The van der Waals surface area contributed by atoms with Gasteiger partial charge in [-0.3, -0.25) is 4.57 Å².